The molecule has 2 unspecified atom stereocenters. The molecule has 2 rings (SSSR count). The van der Waals surface area contributed by atoms with Gasteiger partial charge in [0.2, 0.25) is 0 Å². The van der Waals surface area contributed by atoms with Crippen molar-refractivity contribution in [3.63, 3.8) is 0 Å². The standard InChI is InChI=1S/C18H26N2O3/c1-12-10-15-11-14(7-8-16(15)20-12)18(23)13(2)19-9-5-3-4-6-17(21)22/h7-8,11-13,19-20H,3-6,9-10H2,1-2H3,(H,21,22). The zero-order valence-electron chi connectivity index (χ0n) is 13.9. The summed E-state index contributed by atoms with van der Waals surface area (Å²) in [5.41, 5.74) is 3.10. The molecule has 1 aromatic carbocycles. The number of carboxylic acid groups (broad SMARTS) is 1. The normalized spacial score (nSPS) is 17.4. The molecule has 1 aromatic rings. The van der Waals surface area contributed by atoms with E-state index in [9.17, 15) is 9.59 Å². The lowest BCUT2D eigenvalue weighted by molar-refractivity contribution is -0.137. The molecule has 0 saturated heterocycles. The number of nitrogens with one attached hydrogen (secondary N) is 2. The smallest absolute Gasteiger partial charge is 0.303 e. The maximum Gasteiger partial charge on any atom is 0.303 e. The average molecular weight is 318 g/mol. The molecule has 0 spiro atoms. The van der Waals surface area contributed by atoms with Crippen LogP contribution < -0.4 is 10.6 Å². The molecule has 0 aromatic heterocycles. The van der Waals surface area contributed by atoms with Crippen LogP contribution in [0.1, 0.15) is 55.5 Å². The fraction of sp³-hybridized carbons (Fsp3) is 0.556. The molecule has 0 amide bonds. The first-order chi connectivity index (χ1) is 11.0. The summed E-state index contributed by atoms with van der Waals surface area (Å²) < 4.78 is 0. The number of carboxylic acids is 1. The topological polar surface area (TPSA) is 78.4 Å². The molecule has 0 bridgehead atoms. The Hall–Kier alpha value is -1.88. The summed E-state index contributed by atoms with van der Waals surface area (Å²) in [5.74, 6) is -0.639. The van der Waals surface area contributed by atoms with Crippen molar-refractivity contribution in [1.82, 2.24) is 5.32 Å². The van der Waals surface area contributed by atoms with Crippen LogP contribution in [0.4, 0.5) is 5.69 Å². The summed E-state index contributed by atoms with van der Waals surface area (Å²) in [6.45, 7) is 4.75. The molecule has 1 aliphatic heterocycles. The second kappa shape index (κ2) is 8.11. The van der Waals surface area contributed by atoms with E-state index >= 15 is 0 Å². The number of benzene rings is 1. The zero-order chi connectivity index (χ0) is 16.8. The van der Waals surface area contributed by atoms with Crippen molar-refractivity contribution in [3.05, 3.63) is 29.3 Å². The summed E-state index contributed by atoms with van der Waals surface area (Å²) in [6.07, 6.45) is 3.62. The Balaban J connectivity index is 1.77. The van der Waals surface area contributed by atoms with E-state index < -0.39 is 5.97 Å². The van der Waals surface area contributed by atoms with Gasteiger partial charge in [0.1, 0.15) is 0 Å². The van der Waals surface area contributed by atoms with E-state index in [4.69, 9.17) is 5.11 Å². The van der Waals surface area contributed by atoms with Crippen molar-refractivity contribution in [1.29, 1.82) is 0 Å². The lowest BCUT2D eigenvalue weighted by Crippen LogP contribution is -2.34. The number of hydrogen-bond acceptors (Lipinski definition) is 4. The Labute approximate surface area is 137 Å². The number of hydrogen-bond donors (Lipinski definition) is 3. The van der Waals surface area contributed by atoms with Gasteiger partial charge in [-0.25, -0.2) is 0 Å². The summed E-state index contributed by atoms with van der Waals surface area (Å²) >= 11 is 0. The quantitative estimate of drug-likeness (QED) is 0.482. The third-order valence-electron chi connectivity index (χ3n) is 4.23. The van der Waals surface area contributed by atoms with Crippen LogP contribution in [-0.2, 0) is 11.2 Å². The predicted octanol–water partition coefficient (Wildman–Crippen LogP) is 2.85. The van der Waals surface area contributed by atoms with Crippen molar-refractivity contribution in [2.24, 2.45) is 0 Å². The minimum Gasteiger partial charge on any atom is -0.481 e. The molecular weight excluding hydrogens is 292 g/mol. The number of unbranched alkanes of at least 4 members (excludes halogenated alkanes) is 2. The van der Waals surface area contributed by atoms with Gasteiger partial charge in [0.05, 0.1) is 6.04 Å². The van der Waals surface area contributed by atoms with Gasteiger partial charge in [0.25, 0.3) is 0 Å². The molecule has 1 aliphatic rings. The SMILES string of the molecule is CC1Cc2cc(C(=O)C(C)NCCCCCC(=O)O)ccc2N1. The van der Waals surface area contributed by atoms with Gasteiger partial charge >= 0.3 is 5.97 Å². The number of aliphatic carboxylic acids is 1. The molecule has 1 heterocycles. The van der Waals surface area contributed by atoms with Crippen molar-refractivity contribution in [3.8, 4) is 0 Å². The minimum atomic E-state index is -0.748. The highest BCUT2D eigenvalue weighted by Gasteiger charge is 2.20. The summed E-state index contributed by atoms with van der Waals surface area (Å²) in [7, 11) is 0. The number of carbonyl (C=O) groups is 2. The van der Waals surface area contributed by atoms with Crippen molar-refractivity contribution >= 4 is 17.4 Å². The van der Waals surface area contributed by atoms with E-state index in [0.29, 0.717) is 12.5 Å². The van der Waals surface area contributed by atoms with Crippen LogP contribution in [0.3, 0.4) is 0 Å². The molecule has 2 atom stereocenters. The van der Waals surface area contributed by atoms with Gasteiger partial charge in [0.15, 0.2) is 5.78 Å². The zero-order valence-corrected chi connectivity index (χ0v) is 13.9. The molecule has 5 nitrogen and oxygen atoms in total. The largest absolute Gasteiger partial charge is 0.481 e. The fourth-order valence-corrected chi connectivity index (χ4v) is 2.94. The molecule has 23 heavy (non-hydrogen) atoms. The maximum absolute atomic E-state index is 12.5. The van der Waals surface area contributed by atoms with Gasteiger partial charge < -0.3 is 15.7 Å². The van der Waals surface area contributed by atoms with Crippen molar-refractivity contribution in [2.75, 3.05) is 11.9 Å². The summed E-state index contributed by atoms with van der Waals surface area (Å²) in [4.78, 5) is 22.9. The number of Topliss-reactive ketones (excluding diaryl/α,β-unsaturated/α-hetero) is 1. The Morgan fingerprint density at radius 3 is 2.87 bits per heavy atom. The molecule has 0 aliphatic carbocycles. The van der Waals surface area contributed by atoms with Gasteiger partial charge in [0, 0.05) is 23.7 Å². The average Bonchev–Trinajstić information content (AvgIpc) is 2.88. The first-order valence-corrected chi connectivity index (χ1v) is 8.36. The fourth-order valence-electron chi connectivity index (χ4n) is 2.94. The first-order valence-electron chi connectivity index (χ1n) is 8.36. The first kappa shape index (κ1) is 17.5. The number of ketones is 1. The number of fused-ring (bicyclic) bond motifs is 1. The molecular formula is C18H26N2O3. The summed E-state index contributed by atoms with van der Waals surface area (Å²) in [5, 5.41) is 15.2. The van der Waals surface area contributed by atoms with Crippen LogP contribution in [0.15, 0.2) is 18.2 Å². The third-order valence-corrected chi connectivity index (χ3v) is 4.23. The lowest BCUT2D eigenvalue weighted by Gasteiger charge is -2.13. The van der Waals surface area contributed by atoms with Crippen molar-refractivity contribution in [2.45, 2.75) is 58.0 Å². The van der Waals surface area contributed by atoms with Crippen molar-refractivity contribution < 1.29 is 14.7 Å². The van der Waals surface area contributed by atoms with E-state index in [1.54, 1.807) is 0 Å². The minimum absolute atomic E-state index is 0.109. The molecule has 0 fully saturated rings. The Bertz CT molecular complexity index is 571. The van der Waals surface area contributed by atoms with Gasteiger partial charge in [-0.1, -0.05) is 6.42 Å². The Morgan fingerprint density at radius 2 is 2.13 bits per heavy atom. The Kier molecular flexibility index (Phi) is 6.16. The van der Waals surface area contributed by atoms with Crippen LogP contribution in [0.5, 0.6) is 0 Å². The predicted molar refractivity (Wildman–Crippen MR) is 91.1 cm³/mol. The second-order valence-corrected chi connectivity index (χ2v) is 6.37. The monoisotopic (exact) mass is 318 g/mol. The molecule has 0 saturated carbocycles. The van der Waals surface area contributed by atoms with Gasteiger partial charge in [-0.2, -0.15) is 0 Å². The third kappa shape index (κ3) is 5.06. The van der Waals surface area contributed by atoms with E-state index in [2.05, 4.69) is 17.6 Å². The van der Waals surface area contributed by atoms with Crippen LogP contribution >= 0.6 is 0 Å². The van der Waals surface area contributed by atoms with E-state index in [1.807, 2.05) is 25.1 Å². The van der Waals surface area contributed by atoms with Gasteiger partial charge in [-0.15, -0.1) is 0 Å². The van der Waals surface area contributed by atoms with Gasteiger partial charge in [-0.05, 0) is 63.4 Å². The van der Waals surface area contributed by atoms with E-state index in [0.717, 1.165) is 37.1 Å². The summed E-state index contributed by atoms with van der Waals surface area (Å²) in [6, 6.07) is 6.08. The highest BCUT2D eigenvalue weighted by atomic mass is 16.4. The molecule has 3 N–H and O–H groups in total. The van der Waals surface area contributed by atoms with Crippen LogP contribution in [0.25, 0.3) is 0 Å². The highest BCUT2D eigenvalue weighted by molar-refractivity contribution is 6.00. The van der Waals surface area contributed by atoms with E-state index in [-0.39, 0.29) is 18.2 Å². The lowest BCUT2D eigenvalue weighted by atomic mass is 10.0. The van der Waals surface area contributed by atoms with Gasteiger partial charge in [-0.3, -0.25) is 9.59 Å². The van der Waals surface area contributed by atoms with Crippen LogP contribution in [0, 0.1) is 0 Å². The number of anilines is 1. The number of rotatable bonds is 9. The Morgan fingerprint density at radius 1 is 1.35 bits per heavy atom. The maximum atomic E-state index is 12.5. The molecule has 0 radical (unpaired) electrons. The second-order valence-electron chi connectivity index (χ2n) is 6.37. The van der Waals surface area contributed by atoms with Crippen LogP contribution in [-0.4, -0.2) is 35.5 Å². The molecule has 126 valence electrons. The van der Waals surface area contributed by atoms with E-state index in [1.165, 1.54) is 5.56 Å². The van der Waals surface area contributed by atoms with Crippen LogP contribution in [0.2, 0.25) is 0 Å². The number of carbonyl (C=O) groups excluding carboxylic acids is 1. The highest BCUT2D eigenvalue weighted by Crippen LogP contribution is 2.26. The molecule has 5 heteroatoms.